The Bertz CT molecular complexity index is 479. The molecule has 0 rings (SSSR count). The lowest BCUT2D eigenvalue weighted by Crippen LogP contribution is -2.37. The van der Waals surface area contributed by atoms with Gasteiger partial charge >= 0.3 is 7.82 Å². The van der Waals surface area contributed by atoms with E-state index >= 15 is 0 Å². The van der Waals surface area contributed by atoms with Crippen molar-refractivity contribution >= 4 is 7.82 Å². The summed E-state index contributed by atoms with van der Waals surface area (Å²) in [5.41, 5.74) is 0. The maximum Gasteiger partial charge on any atom is 0.472 e. The van der Waals surface area contributed by atoms with Crippen molar-refractivity contribution in [3.8, 4) is 0 Å². The molecule has 1 N–H and O–H groups in total. The number of unbranched alkanes of at least 4 members (excludes halogenated alkanes) is 12. The molecule has 0 aromatic rings. The number of phosphoric ester groups is 1. The minimum atomic E-state index is -3.97. The van der Waals surface area contributed by atoms with Crippen molar-refractivity contribution < 1.29 is 27.7 Å². The molecule has 0 aliphatic rings. The quantitative estimate of drug-likeness (QED) is 0.0709. The van der Waals surface area contributed by atoms with Crippen molar-refractivity contribution in [3.05, 3.63) is 12.2 Å². The molecular formula is C25H53NO5P+. The molecule has 0 saturated carbocycles. The average molecular weight is 479 g/mol. The van der Waals surface area contributed by atoms with Gasteiger partial charge in [0.05, 0.1) is 34.4 Å². The lowest BCUT2D eigenvalue weighted by Gasteiger charge is -2.24. The number of phosphoric acid groups is 1. The predicted octanol–water partition coefficient (Wildman–Crippen LogP) is 6.88. The highest BCUT2D eigenvalue weighted by molar-refractivity contribution is 7.47. The molecule has 0 amide bonds. The average Bonchev–Trinajstić information content (AvgIpc) is 2.71. The van der Waals surface area contributed by atoms with Gasteiger partial charge in [0, 0.05) is 6.61 Å². The molecule has 0 aromatic carbocycles. The van der Waals surface area contributed by atoms with E-state index in [1.807, 2.05) is 21.1 Å². The van der Waals surface area contributed by atoms with Crippen LogP contribution < -0.4 is 0 Å². The van der Waals surface area contributed by atoms with Gasteiger partial charge in [-0.2, -0.15) is 0 Å². The largest absolute Gasteiger partial charge is 0.472 e. The highest BCUT2D eigenvalue weighted by atomic mass is 31.2. The lowest BCUT2D eigenvalue weighted by molar-refractivity contribution is -0.870. The van der Waals surface area contributed by atoms with Crippen LogP contribution in [-0.4, -0.2) is 63.5 Å². The van der Waals surface area contributed by atoms with Crippen LogP contribution in [0, 0.1) is 0 Å². The van der Waals surface area contributed by atoms with Gasteiger partial charge in [0.25, 0.3) is 0 Å². The SMILES string of the molecule is CCCCCCCCC=CCCCCCCCCOCCOP(=O)(O)OCC[N+](C)(C)C. The van der Waals surface area contributed by atoms with E-state index in [0.29, 0.717) is 24.2 Å². The Hall–Kier alpha value is -0.230. The summed E-state index contributed by atoms with van der Waals surface area (Å²) >= 11 is 0. The maximum absolute atomic E-state index is 11.7. The second-order valence-corrected chi connectivity index (χ2v) is 11.2. The van der Waals surface area contributed by atoms with Crippen molar-refractivity contribution in [1.29, 1.82) is 0 Å². The summed E-state index contributed by atoms with van der Waals surface area (Å²) in [5.74, 6) is 0. The summed E-state index contributed by atoms with van der Waals surface area (Å²) in [5, 5.41) is 0. The molecule has 192 valence electrons. The van der Waals surface area contributed by atoms with Crippen LogP contribution >= 0.6 is 7.82 Å². The molecule has 1 atom stereocenters. The van der Waals surface area contributed by atoms with Crippen LogP contribution in [0.1, 0.15) is 96.8 Å². The fraction of sp³-hybridized carbons (Fsp3) is 0.920. The van der Waals surface area contributed by atoms with Crippen LogP contribution in [0.15, 0.2) is 12.2 Å². The Morgan fingerprint density at radius 2 is 1.19 bits per heavy atom. The lowest BCUT2D eigenvalue weighted by atomic mass is 10.1. The van der Waals surface area contributed by atoms with Gasteiger partial charge in [-0.3, -0.25) is 9.05 Å². The van der Waals surface area contributed by atoms with Gasteiger partial charge in [0.15, 0.2) is 0 Å². The number of quaternary nitrogens is 1. The van der Waals surface area contributed by atoms with E-state index in [2.05, 4.69) is 19.1 Å². The zero-order chi connectivity index (χ0) is 24.0. The third kappa shape index (κ3) is 26.0. The minimum Gasteiger partial charge on any atom is -0.379 e. The molecule has 0 aliphatic heterocycles. The van der Waals surface area contributed by atoms with Crippen LogP contribution in [0.5, 0.6) is 0 Å². The maximum atomic E-state index is 11.7. The summed E-state index contributed by atoms with van der Waals surface area (Å²) < 4.78 is 27.8. The Labute approximate surface area is 198 Å². The number of nitrogens with zero attached hydrogens (tertiary/aromatic N) is 1. The van der Waals surface area contributed by atoms with Gasteiger partial charge in [0.1, 0.15) is 13.2 Å². The Kier molecular flexibility index (Phi) is 21.2. The third-order valence-electron chi connectivity index (χ3n) is 5.30. The summed E-state index contributed by atoms with van der Waals surface area (Å²) in [4.78, 5) is 9.61. The zero-order valence-corrected chi connectivity index (χ0v) is 22.5. The molecule has 1 unspecified atom stereocenters. The fourth-order valence-electron chi connectivity index (χ4n) is 3.23. The van der Waals surface area contributed by atoms with E-state index < -0.39 is 7.82 Å². The summed E-state index contributed by atoms with van der Waals surface area (Å²) in [6, 6.07) is 0. The number of hydrogen-bond donors (Lipinski definition) is 1. The van der Waals surface area contributed by atoms with Crippen molar-refractivity contribution in [1.82, 2.24) is 0 Å². The van der Waals surface area contributed by atoms with E-state index in [-0.39, 0.29) is 13.2 Å². The van der Waals surface area contributed by atoms with Crippen molar-refractivity contribution in [2.24, 2.45) is 0 Å². The molecule has 0 radical (unpaired) electrons. The summed E-state index contributed by atoms with van der Waals surface area (Å²) in [7, 11) is 2.02. The van der Waals surface area contributed by atoms with E-state index in [1.54, 1.807) is 0 Å². The first-order chi connectivity index (χ1) is 15.3. The molecule has 0 fully saturated rings. The molecule has 0 aromatic heterocycles. The second-order valence-electron chi connectivity index (χ2n) is 9.70. The normalized spacial score (nSPS) is 14.3. The first-order valence-electron chi connectivity index (χ1n) is 12.9. The van der Waals surface area contributed by atoms with Crippen LogP contribution in [-0.2, 0) is 18.3 Å². The van der Waals surface area contributed by atoms with Crippen molar-refractivity contribution in [2.75, 3.05) is 54.1 Å². The van der Waals surface area contributed by atoms with Gasteiger partial charge in [-0.1, -0.05) is 76.9 Å². The minimum absolute atomic E-state index is 0.0739. The first-order valence-corrected chi connectivity index (χ1v) is 14.4. The molecule has 0 heterocycles. The van der Waals surface area contributed by atoms with Gasteiger partial charge in [-0.05, 0) is 32.1 Å². The molecule has 0 aliphatic carbocycles. The van der Waals surface area contributed by atoms with Crippen LogP contribution in [0.3, 0.4) is 0 Å². The van der Waals surface area contributed by atoms with Crippen molar-refractivity contribution in [3.63, 3.8) is 0 Å². The fourth-order valence-corrected chi connectivity index (χ4v) is 3.92. The van der Waals surface area contributed by atoms with Crippen LogP contribution in [0.4, 0.5) is 0 Å². The number of ether oxygens (including phenoxy) is 1. The predicted molar refractivity (Wildman–Crippen MR) is 135 cm³/mol. The van der Waals surface area contributed by atoms with Gasteiger partial charge in [-0.25, -0.2) is 4.57 Å². The molecule has 0 spiro atoms. The number of hydrogen-bond acceptors (Lipinski definition) is 4. The zero-order valence-electron chi connectivity index (χ0n) is 21.6. The number of allylic oxidation sites excluding steroid dienone is 2. The monoisotopic (exact) mass is 478 g/mol. The Balaban J connectivity index is 3.31. The third-order valence-corrected chi connectivity index (χ3v) is 6.32. The standard InChI is InChI=1S/C25H52NO5P/c1-5-6-7-8-9-10-11-12-13-14-15-16-17-18-19-20-22-29-24-25-31-32(27,28)30-23-21-26(2,3)4/h12-13H,5-11,14-25H2,1-4H3/p+1. The van der Waals surface area contributed by atoms with E-state index in [0.717, 1.165) is 6.42 Å². The molecule has 32 heavy (non-hydrogen) atoms. The molecule has 6 nitrogen and oxygen atoms in total. The van der Waals surface area contributed by atoms with Crippen molar-refractivity contribution in [2.45, 2.75) is 96.8 Å². The molecular weight excluding hydrogens is 425 g/mol. The Morgan fingerprint density at radius 1 is 0.688 bits per heavy atom. The highest BCUT2D eigenvalue weighted by Crippen LogP contribution is 2.42. The van der Waals surface area contributed by atoms with Gasteiger partial charge in [0.2, 0.25) is 0 Å². The van der Waals surface area contributed by atoms with Crippen LogP contribution in [0.25, 0.3) is 0 Å². The molecule has 7 heteroatoms. The number of likely N-dealkylation sites (N-methyl/N-ethyl adjacent to an activating group) is 1. The van der Waals surface area contributed by atoms with E-state index in [9.17, 15) is 9.46 Å². The molecule has 0 saturated heterocycles. The van der Waals surface area contributed by atoms with E-state index in [1.165, 1.54) is 83.5 Å². The highest BCUT2D eigenvalue weighted by Gasteiger charge is 2.22. The van der Waals surface area contributed by atoms with Gasteiger partial charge < -0.3 is 14.1 Å². The topological polar surface area (TPSA) is 65.0 Å². The van der Waals surface area contributed by atoms with Gasteiger partial charge in [-0.15, -0.1) is 0 Å². The smallest absolute Gasteiger partial charge is 0.379 e. The summed E-state index contributed by atoms with van der Waals surface area (Å²) in [6.07, 6.45) is 22.8. The summed E-state index contributed by atoms with van der Waals surface area (Å²) in [6.45, 7) is 4.15. The molecule has 0 bridgehead atoms. The van der Waals surface area contributed by atoms with Crippen LogP contribution in [0.2, 0.25) is 0 Å². The number of rotatable bonds is 24. The first kappa shape index (κ1) is 31.8. The second kappa shape index (κ2) is 21.3. The Morgan fingerprint density at radius 3 is 1.75 bits per heavy atom. The van der Waals surface area contributed by atoms with E-state index in [4.69, 9.17) is 13.8 Å².